The zero-order chi connectivity index (χ0) is 18.2. The monoisotopic (exact) mass is 358 g/mol. The third kappa shape index (κ3) is 2.67. The lowest BCUT2D eigenvalue weighted by molar-refractivity contribution is -0.125. The standard InChI is InChI=1S/C19H22N2O3S/c1-3-19-11-4-12-21(18(19)10-9-17(22)16(19)13-20)25(23,24)15-7-5-14(2)6-8-15/h5-8,10,16H,3-4,9,11-12H2,1-2H3/t16-,19+/m1/s1. The molecule has 25 heavy (non-hydrogen) atoms. The summed E-state index contributed by atoms with van der Waals surface area (Å²) in [6, 6.07) is 8.94. The van der Waals surface area contributed by atoms with Gasteiger partial charge in [-0.2, -0.15) is 5.26 Å². The van der Waals surface area contributed by atoms with E-state index in [9.17, 15) is 18.5 Å². The van der Waals surface area contributed by atoms with Crippen LogP contribution < -0.4 is 0 Å². The summed E-state index contributed by atoms with van der Waals surface area (Å²) in [6.07, 6.45) is 3.73. The average Bonchev–Trinajstić information content (AvgIpc) is 2.61. The highest BCUT2D eigenvalue weighted by molar-refractivity contribution is 7.89. The number of ketones is 1. The van der Waals surface area contributed by atoms with Crippen molar-refractivity contribution in [3.05, 3.63) is 41.6 Å². The maximum atomic E-state index is 13.2. The smallest absolute Gasteiger partial charge is 0.264 e. The van der Waals surface area contributed by atoms with E-state index >= 15 is 0 Å². The molecule has 2 atom stereocenters. The van der Waals surface area contributed by atoms with E-state index in [-0.39, 0.29) is 17.1 Å². The van der Waals surface area contributed by atoms with Gasteiger partial charge in [0.15, 0.2) is 5.78 Å². The van der Waals surface area contributed by atoms with Gasteiger partial charge in [0.2, 0.25) is 0 Å². The summed E-state index contributed by atoms with van der Waals surface area (Å²) < 4.78 is 27.8. The van der Waals surface area contributed by atoms with Crippen LogP contribution in [0.5, 0.6) is 0 Å². The fraction of sp³-hybridized carbons (Fsp3) is 0.474. The Hall–Kier alpha value is -2.13. The molecule has 1 saturated heterocycles. The molecule has 5 nitrogen and oxygen atoms in total. The molecule has 6 heteroatoms. The molecule has 0 saturated carbocycles. The lowest BCUT2D eigenvalue weighted by Crippen LogP contribution is -2.50. The van der Waals surface area contributed by atoms with Crippen LogP contribution in [0, 0.1) is 29.6 Å². The van der Waals surface area contributed by atoms with Crippen molar-refractivity contribution >= 4 is 15.8 Å². The third-order valence-corrected chi connectivity index (χ3v) is 7.33. The summed E-state index contributed by atoms with van der Waals surface area (Å²) in [5.74, 6) is -0.879. The Morgan fingerprint density at radius 2 is 2.00 bits per heavy atom. The van der Waals surface area contributed by atoms with Crippen molar-refractivity contribution in [2.45, 2.75) is 44.4 Å². The lowest BCUT2D eigenvalue weighted by Gasteiger charge is -2.48. The van der Waals surface area contributed by atoms with Gasteiger partial charge in [-0.05, 0) is 38.3 Å². The Labute approximate surface area is 149 Å². The first kappa shape index (κ1) is 17.7. The first-order valence-electron chi connectivity index (χ1n) is 8.59. The van der Waals surface area contributed by atoms with E-state index in [4.69, 9.17) is 0 Å². The number of nitriles is 1. The second-order valence-corrected chi connectivity index (χ2v) is 8.69. The maximum absolute atomic E-state index is 13.2. The van der Waals surface area contributed by atoms with Crippen LogP contribution >= 0.6 is 0 Å². The third-order valence-electron chi connectivity index (χ3n) is 5.50. The van der Waals surface area contributed by atoms with Crippen LogP contribution in [0.3, 0.4) is 0 Å². The van der Waals surface area contributed by atoms with Crippen molar-refractivity contribution in [1.29, 1.82) is 5.26 Å². The molecule has 1 heterocycles. The number of Topliss-reactive ketones (excluding diaryl/α,β-unsaturated/α-hetero) is 1. The highest BCUT2D eigenvalue weighted by Crippen LogP contribution is 2.52. The number of piperidine rings is 1. The first-order valence-corrected chi connectivity index (χ1v) is 10.0. The fourth-order valence-corrected chi connectivity index (χ4v) is 5.72. The van der Waals surface area contributed by atoms with E-state index in [1.54, 1.807) is 30.3 Å². The van der Waals surface area contributed by atoms with Gasteiger partial charge in [-0.15, -0.1) is 0 Å². The summed E-state index contributed by atoms with van der Waals surface area (Å²) in [4.78, 5) is 12.5. The fourth-order valence-electron chi connectivity index (χ4n) is 4.10. The van der Waals surface area contributed by atoms with Crippen LogP contribution in [0.1, 0.15) is 38.2 Å². The van der Waals surface area contributed by atoms with Gasteiger partial charge in [0.25, 0.3) is 10.0 Å². The molecule has 132 valence electrons. The number of nitrogens with zero attached hydrogens (tertiary/aromatic N) is 2. The lowest BCUT2D eigenvalue weighted by atomic mass is 9.62. The average molecular weight is 358 g/mol. The van der Waals surface area contributed by atoms with Crippen molar-refractivity contribution in [3.8, 4) is 6.07 Å². The second-order valence-electron chi connectivity index (χ2n) is 6.83. The minimum Gasteiger partial charge on any atom is -0.298 e. The van der Waals surface area contributed by atoms with Gasteiger partial charge >= 0.3 is 0 Å². The van der Waals surface area contributed by atoms with E-state index in [1.807, 2.05) is 13.8 Å². The number of sulfonamides is 1. The van der Waals surface area contributed by atoms with Crippen LogP contribution in [0.4, 0.5) is 0 Å². The van der Waals surface area contributed by atoms with Crippen molar-refractivity contribution in [1.82, 2.24) is 4.31 Å². The number of aryl methyl sites for hydroxylation is 1. The van der Waals surface area contributed by atoms with Gasteiger partial charge in [-0.25, -0.2) is 8.42 Å². The zero-order valence-electron chi connectivity index (χ0n) is 14.5. The number of hydrogen-bond donors (Lipinski definition) is 0. The topological polar surface area (TPSA) is 78.2 Å². The second kappa shape index (κ2) is 6.30. The molecule has 0 amide bonds. The highest BCUT2D eigenvalue weighted by atomic mass is 32.2. The largest absolute Gasteiger partial charge is 0.298 e. The van der Waals surface area contributed by atoms with Crippen LogP contribution in [0.25, 0.3) is 0 Å². The summed E-state index contributed by atoms with van der Waals surface area (Å²) in [5, 5.41) is 9.57. The van der Waals surface area contributed by atoms with E-state index in [0.717, 1.165) is 5.56 Å². The molecular weight excluding hydrogens is 336 g/mol. The molecule has 1 aliphatic heterocycles. The molecule has 2 aliphatic rings. The molecule has 0 radical (unpaired) electrons. The maximum Gasteiger partial charge on any atom is 0.264 e. The summed E-state index contributed by atoms with van der Waals surface area (Å²) in [6.45, 7) is 4.22. The number of carbonyl (C=O) groups is 1. The first-order chi connectivity index (χ1) is 11.9. The van der Waals surface area contributed by atoms with E-state index in [0.29, 0.717) is 31.5 Å². The molecule has 0 unspecified atom stereocenters. The molecule has 0 spiro atoms. The Kier molecular flexibility index (Phi) is 4.46. The number of fused-ring (bicyclic) bond motifs is 1. The number of hydrogen-bond acceptors (Lipinski definition) is 4. The van der Waals surface area contributed by atoms with Crippen molar-refractivity contribution < 1.29 is 13.2 Å². The van der Waals surface area contributed by atoms with E-state index < -0.39 is 21.4 Å². The van der Waals surface area contributed by atoms with Crippen molar-refractivity contribution in [2.75, 3.05) is 6.54 Å². The number of rotatable bonds is 3. The van der Waals surface area contributed by atoms with Crippen LogP contribution in [-0.4, -0.2) is 25.1 Å². The Morgan fingerprint density at radius 3 is 2.60 bits per heavy atom. The predicted molar refractivity (Wildman–Crippen MR) is 93.8 cm³/mol. The van der Waals surface area contributed by atoms with Crippen LogP contribution in [-0.2, 0) is 14.8 Å². The van der Waals surface area contributed by atoms with E-state index in [2.05, 4.69) is 6.07 Å². The summed E-state index contributed by atoms with van der Waals surface area (Å²) >= 11 is 0. The van der Waals surface area contributed by atoms with Gasteiger partial charge in [-0.1, -0.05) is 30.7 Å². The molecule has 0 bridgehead atoms. The quantitative estimate of drug-likeness (QED) is 0.831. The molecule has 1 aromatic rings. The summed E-state index contributed by atoms with van der Waals surface area (Å²) in [7, 11) is -3.70. The molecular formula is C19H22N2O3S. The van der Waals surface area contributed by atoms with Gasteiger partial charge in [0.1, 0.15) is 5.92 Å². The normalized spacial score (nSPS) is 26.6. The molecule has 1 fully saturated rings. The van der Waals surface area contributed by atoms with Crippen LogP contribution in [0.15, 0.2) is 40.9 Å². The molecule has 1 aromatic carbocycles. The number of carbonyl (C=O) groups excluding carboxylic acids is 1. The van der Waals surface area contributed by atoms with Crippen molar-refractivity contribution in [2.24, 2.45) is 11.3 Å². The number of benzene rings is 1. The Bertz CT molecular complexity index is 865. The Balaban J connectivity index is 2.10. The van der Waals surface area contributed by atoms with Gasteiger partial charge in [0.05, 0.1) is 11.0 Å². The zero-order valence-corrected chi connectivity index (χ0v) is 15.3. The number of allylic oxidation sites excluding steroid dienone is 2. The minimum absolute atomic E-state index is 0.109. The van der Waals surface area contributed by atoms with Crippen LogP contribution in [0.2, 0.25) is 0 Å². The molecule has 3 rings (SSSR count). The van der Waals surface area contributed by atoms with Gasteiger partial charge < -0.3 is 0 Å². The summed E-state index contributed by atoms with van der Waals surface area (Å²) in [5.41, 5.74) is 0.931. The minimum atomic E-state index is -3.70. The molecule has 0 aromatic heterocycles. The molecule has 0 N–H and O–H groups in total. The van der Waals surface area contributed by atoms with E-state index in [1.165, 1.54) is 4.31 Å². The van der Waals surface area contributed by atoms with Crippen molar-refractivity contribution in [3.63, 3.8) is 0 Å². The molecule has 1 aliphatic carbocycles. The van der Waals surface area contributed by atoms with Gasteiger partial charge in [0, 0.05) is 24.1 Å². The van der Waals surface area contributed by atoms with Gasteiger partial charge in [-0.3, -0.25) is 9.10 Å². The SMILES string of the molecule is CC[C@@]12CCCN(S(=O)(=O)c3ccc(C)cc3)C1=CCC(=O)[C@H]2C#N. The Morgan fingerprint density at radius 1 is 1.32 bits per heavy atom. The highest BCUT2D eigenvalue weighted by Gasteiger charge is 2.52. The predicted octanol–water partition coefficient (Wildman–Crippen LogP) is 3.17.